The number of hydrogen-bond donors (Lipinski definition) is 2. The monoisotopic (exact) mass is 300 g/mol. The molecule has 0 bridgehead atoms. The first-order valence-corrected chi connectivity index (χ1v) is 2.19. The van der Waals surface area contributed by atoms with Gasteiger partial charge in [0.05, 0.1) is 5.78 Å². The van der Waals surface area contributed by atoms with E-state index in [9.17, 15) is 4.79 Å². The van der Waals surface area contributed by atoms with Gasteiger partial charge in [0, 0.05) is 20.4 Å². The van der Waals surface area contributed by atoms with E-state index in [0.29, 0.717) is 0 Å². The topological polar surface area (TPSA) is 57.5 Å². The number of allylic oxidation sites excluding steroid dienone is 2. The fourth-order valence-electron chi connectivity index (χ4n) is 0.542. The summed E-state index contributed by atoms with van der Waals surface area (Å²) in [5.41, 5.74) is 0. The number of Topliss-reactive ketones (excluding diaryl/α,β-unsaturated/α-hetero) is 1. The van der Waals surface area contributed by atoms with E-state index in [1.165, 1.54) is 0 Å². The number of hydrogen-bond acceptors (Lipinski definition) is 3. The normalized spacial score (nSPS) is 17.1. The minimum absolute atomic E-state index is 0. The summed E-state index contributed by atoms with van der Waals surface area (Å²) >= 11 is 0. The largest absolute Gasteiger partial charge is 0.593 e. The molecule has 51 valence electrons. The van der Waals surface area contributed by atoms with E-state index in [1.54, 1.807) is 0 Å². The average Bonchev–Trinajstić information content (AvgIpc) is 1.85. The maximum absolute atomic E-state index is 10.2. The summed E-state index contributed by atoms with van der Waals surface area (Å²) < 4.78 is 0. The van der Waals surface area contributed by atoms with Crippen molar-refractivity contribution < 1.29 is 35.4 Å². The van der Waals surface area contributed by atoms with Crippen LogP contribution in [-0.4, -0.2) is 16.0 Å². The molecule has 1 aliphatic carbocycles. The van der Waals surface area contributed by atoms with Gasteiger partial charge in [-0.2, -0.15) is 0 Å². The van der Waals surface area contributed by atoms with Gasteiger partial charge in [0.1, 0.15) is 0 Å². The minimum atomic E-state index is -0.296. The first-order valence-electron chi connectivity index (χ1n) is 2.19. The van der Waals surface area contributed by atoms with Crippen molar-refractivity contribution in [3.05, 3.63) is 17.9 Å². The van der Waals surface area contributed by atoms with Crippen LogP contribution in [0.25, 0.3) is 0 Å². The van der Waals surface area contributed by atoms with Crippen molar-refractivity contribution in [1.29, 1.82) is 0 Å². The SMILES string of the molecule is O=C1[CH-]C(O)=C(O)C1.[Re]. The molecule has 0 unspecified atom stereocenters. The molecule has 0 spiro atoms. The summed E-state index contributed by atoms with van der Waals surface area (Å²) in [7, 11) is 0. The Morgan fingerprint density at radius 2 is 2.00 bits per heavy atom. The fraction of sp³-hybridized carbons (Fsp3) is 0.200. The molecule has 0 aromatic heterocycles. The second-order valence-electron chi connectivity index (χ2n) is 1.62. The zero-order valence-electron chi connectivity index (χ0n) is 4.47. The third-order valence-corrected chi connectivity index (χ3v) is 0.935. The molecule has 1 radical (unpaired) electrons. The number of rotatable bonds is 0. The Morgan fingerprint density at radius 3 is 2.11 bits per heavy atom. The standard InChI is InChI=1S/C5H5O3.Re/c6-3-1-4(7)5(8)2-3;/h1,7-8H,2H2;/q-1;. The van der Waals surface area contributed by atoms with E-state index in [-0.39, 0.29) is 44.1 Å². The average molecular weight is 299 g/mol. The molecule has 0 fully saturated rings. The molecule has 0 saturated heterocycles. The molecule has 4 heteroatoms. The molecule has 3 nitrogen and oxygen atoms in total. The molecule has 0 amide bonds. The molecule has 1 aliphatic rings. The molecular formula is C5H5O3Re-. The number of carbonyl (C=O) groups excluding carboxylic acids is 1. The van der Waals surface area contributed by atoms with Crippen LogP contribution in [0.2, 0.25) is 0 Å². The Hall–Kier alpha value is -0.458. The number of carbonyl (C=O) groups is 1. The van der Waals surface area contributed by atoms with Crippen LogP contribution >= 0.6 is 0 Å². The summed E-state index contributed by atoms with van der Waals surface area (Å²) in [4.78, 5) is 10.2. The van der Waals surface area contributed by atoms with Crippen molar-refractivity contribution >= 4 is 5.78 Å². The van der Waals surface area contributed by atoms with E-state index >= 15 is 0 Å². The zero-order chi connectivity index (χ0) is 6.15. The van der Waals surface area contributed by atoms with E-state index in [1.807, 2.05) is 0 Å². The van der Waals surface area contributed by atoms with Gasteiger partial charge in [-0.3, -0.25) is 0 Å². The third kappa shape index (κ3) is 1.74. The van der Waals surface area contributed by atoms with Crippen LogP contribution in [0, 0.1) is 6.42 Å². The fourth-order valence-corrected chi connectivity index (χ4v) is 0.542. The predicted octanol–water partition coefficient (Wildman–Crippen LogP) is 0.489. The van der Waals surface area contributed by atoms with Crippen molar-refractivity contribution in [3.8, 4) is 0 Å². The molecule has 9 heavy (non-hydrogen) atoms. The molecule has 0 heterocycles. The van der Waals surface area contributed by atoms with E-state index in [2.05, 4.69) is 0 Å². The third-order valence-electron chi connectivity index (χ3n) is 0.935. The summed E-state index contributed by atoms with van der Waals surface area (Å²) in [5.74, 6) is -0.773. The maximum Gasteiger partial charge on any atom is 0.0704 e. The van der Waals surface area contributed by atoms with Crippen molar-refractivity contribution in [2.24, 2.45) is 0 Å². The van der Waals surface area contributed by atoms with Crippen molar-refractivity contribution in [3.63, 3.8) is 0 Å². The first-order chi connectivity index (χ1) is 3.70. The van der Waals surface area contributed by atoms with Gasteiger partial charge in [0.15, 0.2) is 0 Å². The second kappa shape index (κ2) is 2.90. The van der Waals surface area contributed by atoms with Crippen molar-refractivity contribution in [2.45, 2.75) is 6.42 Å². The van der Waals surface area contributed by atoms with Crippen molar-refractivity contribution in [1.82, 2.24) is 0 Å². The Labute approximate surface area is 66.0 Å². The number of ketones is 1. The maximum atomic E-state index is 10.2. The van der Waals surface area contributed by atoms with Gasteiger partial charge < -0.3 is 15.0 Å². The van der Waals surface area contributed by atoms with Crippen LogP contribution in [0.5, 0.6) is 0 Å². The van der Waals surface area contributed by atoms with E-state index < -0.39 is 0 Å². The molecular weight excluding hydrogens is 294 g/mol. The Kier molecular flexibility index (Phi) is 2.76. The smallest absolute Gasteiger partial charge is 0.0704 e. The Morgan fingerprint density at radius 1 is 1.44 bits per heavy atom. The first kappa shape index (κ1) is 8.54. The molecule has 0 saturated carbocycles. The van der Waals surface area contributed by atoms with Crippen LogP contribution < -0.4 is 0 Å². The predicted molar refractivity (Wildman–Crippen MR) is 26.2 cm³/mol. The summed E-state index contributed by atoms with van der Waals surface area (Å²) in [6.07, 6.45) is 0.959. The van der Waals surface area contributed by atoms with E-state index in [0.717, 1.165) is 6.42 Å². The Balaban J connectivity index is 0.000000640. The van der Waals surface area contributed by atoms with Gasteiger partial charge in [0.2, 0.25) is 0 Å². The zero-order valence-corrected chi connectivity index (χ0v) is 7.18. The van der Waals surface area contributed by atoms with Gasteiger partial charge >= 0.3 is 0 Å². The quantitative estimate of drug-likeness (QED) is 0.640. The van der Waals surface area contributed by atoms with Gasteiger partial charge in [-0.15, -0.1) is 6.42 Å². The summed E-state index contributed by atoms with van der Waals surface area (Å²) in [6, 6.07) is 0. The van der Waals surface area contributed by atoms with Crippen LogP contribution in [-0.2, 0) is 25.2 Å². The molecule has 0 aliphatic heterocycles. The number of aliphatic hydroxyl groups is 2. The summed E-state index contributed by atoms with van der Waals surface area (Å²) in [6.45, 7) is 0. The second-order valence-corrected chi connectivity index (χ2v) is 1.62. The Bertz CT molecular complexity index is 146. The number of aliphatic hydroxyl groups excluding tert-OH is 2. The van der Waals surface area contributed by atoms with Crippen LogP contribution in [0.15, 0.2) is 11.5 Å². The van der Waals surface area contributed by atoms with Crippen LogP contribution in [0.3, 0.4) is 0 Å². The van der Waals surface area contributed by atoms with Gasteiger partial charge in [-0.25, -0.2) is 0 Å². The van der Waals surface area contributed by atoms with Gasteiger partial charge in [0.25, 0.3) is 0 Å². The van der Waals surface area contributed by atoms with Crippen molar-refractivity contribution in [2.75, 3.05) is 0 Å². The molecule has 2 N–H and O–H groups in total. The van der Waals surface area contributed by atoms with Crippen LogP contribution in [0.4, 0.5) is 0 Å². The minimum Gasteiger partial charge on any atom is -0.593 e. The summed E-state index contributed by atoms with van der Waals surface area (Å²) in [5, 5.41) is 17.1. The molecule has 0 aromatic carbocycles. The van der Waals surface area contributed by atoms with Gasteiger partial charge in [-0.1, -0.05) is 0 Å². The molecule has 0 atom stereocenters. The molecule has 0 aromatic rings. The molecule has 1 rings (SSSR count). The van der Waals surface area contributed by atoms with Crippen LogP contribution in [0.1, 0.15) is 6.42 Å². The van der Waals surface area contributed by atoms with Gasteiger partial charge in [-0.05, 0) is 17.9 Å². The van der Waals surface area contributed by atoms with E-state index in [4.69, 9.17) is 10.2 Å².